The van der Waals surface area contributed by atoms with Gasteiger partial charge in [0.15, 0.2) is 11.9 Å². The van der Waals surface area contributed by atoms with Crippen LogP contribution in [-0.4, -0.2) is 33.1 Å². The zero-order chi connectivity index (χ0) is 22.5. The number of carbonyl (C=O) groups excluding carboxylic acids is 1. The van der Waals surface area contributed by atoms with Crippen molar-refractivity contribution in [2.24, 2.45) is 0 Å². The third-order valence-corrected chi connectivity index (χ3v) is 5.22. The molecule has 0 amide bonds. The fourth-order valence-electron chi connectivity index (χ4n) is 2.87. The molecule has 0 fully saturated rings. The van der Waals surface area contributed by atoms with E-state index in [1.807, 2.05) is 6.92 Å². The molecule has 0 aliphatic heterocycles. The Kier molecular flexibility index (Phi) is 7.70. The fraction of sp³-hybridized carbons (Fsp3) is 0.450. The topological polar surface area (TPSA) is 78.9 Å². The minimum absolute atomic E-state index is 0.0101. The lowest BCUT2D eigenvalue weighted by atomic mass is 9.96. The molecule has 0 heterocycles. The third-order valence-electron chi connectivity index (χ3n) is 4.27. The minimum Gasteiger partial charge on any atom is -0.464 e. The number of ether oxygens (including phenoxy) is 2. The van der Waals surface area contributed by atoms with Gasteiger partial charge in [0.1, 0.15) is 0 Å². The molecule has 0 N–H and O–H groups in total. The molecule has 0 radical (unpaired) electrons. The molecule has 0 bridgehead atoms. The first-order valence-corrected chi connectivity index (χ1v) is 10.8. The van der Waals surface area contributed by atoms with Crippen LogP contribution in [0, 0.1) is 6.92 Å². The second-order valence-corrected chi connectivity index (χ2v) is 8.03. The molecule has 2 aromatic carbocycles. The van der Waals surface area contributed by atoms with E-state index in [-0.39, 0.29) is 24.2 Å². The van der Waals surface area contributed by atoms with Gasteiger partial charge in [-0.3, -0.25) is 0 Å². The largest absolute Gasteiger partial charge is 0.534 e. The fourth-order valence-corrected chi connectivity index (χ4v) is 3.36. The lowest BCUT2D eigenvalue weighted by Gasteiger charge is -2.23. The number of rotatable bonds is 9. The zero-order valence-corrected chi connectivity index (χ0v) is 17.6. The monoisotopic (exact) mass is 448 g/mol. The van der Waals surface area contributed by atoms with E-state index in [4.69, 9.17) is 9.47 Å². The predicted molar refractivity (Wildman–Crippen MR) is 105 cm³/mol. The highest BCUT2D eigenvalue weighted by atomic mass is 32.2. The molecule has 0 saturated carbocycles. The Morgan fingerprint density at radius 2 is 1.83 bits per heavy atom. The van der Waals surface area contributed by atoms with E-state index < -0.39 is 33.4 Å². The number of alkyl halides is 3. The maximum Gasteiger partial charge on any atom is 0.534 e. The standard InChI is InChI=1S/C20H23F3O6S/c1-4-6-11-28-18(19(24)27-5-2)16-13(3)12-14-9-7-8-10-15(14)17(16)29-30(25,26)20(21,22)23/h7-10,12,18H,4-6,11H2,1-3H3. The van der Waals surface area contributed by atoms with Crippen molar-refractivity contribution in [1.29, 1.82) is 0 Å². The Hall–Kier alpha value is -2.33. The number of hydrogen-bond acceptors (Lipinski definition) is 6. The summed E-state index contributed by atoms with van der Waals surface area (Å²) in [7, 11) is -5.99. The summed E-state index contributed by atoms with van der Waals surface area (Å²) in [6, 6.07) is 7.78. The quantitative estimate of drug-likeness (QED) is 0.237. The SMILES string of the molecule is CCCCOC(C(=O)OCC)c1c(C)cc2ccccc2c1OS(=O)(=O)C(F)(F)F. The summed E-state index contributed by atoms with van der Waals surface area (Å²) in [5, 5.41) is 0.543. The first-order valence-electron chi connectivity index (χ1n) is 9.34. The number of aryl methyl sites for hydroxylation is 1. The molecule has 166 valence electrons. The number of carbonyl (C=O) groups is 1. The molecule has 2 aromatic rings. The second-order valence-electron chi connectivity index (χ2n) is 6.50. The summed E-state index contributed by atoms with van der Waals surface area (Å²) < 4.78 is 77.9. The van der Waals surface area contributed by atoms with Gasteiger partial charge in [0.25, 0.3) is 0 Å². The normalized spacial score (nSPS) is 13.3. The zero-order valence-electron chi connectivity index (χ0n) is 16.8. The first-order chi connectivity index (χ1) is 14.0. The first kappa shape index (κ1) is 23.9. The summed E-state index contributed by atoms with van der Waals surface area (Å²) in [4.78, 5) is 12.6. The lowest BCUT2D eigenvalue weighted by molar-refractivity contribution is -0.157. The maximum atomic E-state index is 13.0. The Morgan fingerprint density at radius 1 is 1.17 bits per heavy atom. The van der Waals surface area contributed by atoms with Gasteiger partial charge in [-0.2, -0.15) is 21.6 Å². The van der Waals surface area contributed by atoms with Crippen molar-refractivity contribution >= 4 is 26.9 Å². The number of hydrogen-bond donors (Lipinski definition) is 0. The van der Waals surface area contributed by atoms with E-state index in [1.54, 1.807) is 25.1 Å². The van der Waals surface area contributed by atoms with Crippen LogP contribution in [0.5, 0.6) is 5.75 Å². The van der Waals surface area contributed by atoms with Crippen molar-refractivity contribution < 1.29 is 40.0 Å². The summed E-state index contributed by atoms with van der Waals surface area (Å²) in [5.74, 6) is -1.45. The van der Waals surface area contributed by atoms with Crippen LogP contribution >= 0.6 is 0 Å². The Labute approximate surface area is 173 Å². The average Bonchev–Trinajstić information content (AvgIpc) is 2.65. The Balaban J connectivity index is 2.74. The van der Waals surface area contributed by atoms with Crippen LogP contribution in [0.4, 0.5) is 13.2 Å². The number of unbranched alkanes of at least 4 members (excludes halogenated alkanes) is 1. The highest BCUT2D eigenvalue weighted by molar-refractivity contribution is 7.88. The van der Waals surface area contributed by atoms with Gasteiger partial charge in [0.05, 0.1) is 6.61 Å². The molecule has 0 aliphatic rings. The molecule has 1 atom stereocenters. The van der Waals surface area contributed by atoms with Crippen LogP contribution in [0.3, 0.4) is 0 Å². The second kappa shape index (κ2) is 9.65. The van der Waals surface area contributed by atoms with Crippen molar-refractivity contribution in [1.82, 2.24) is 0 Å². The van der Waals surface area contributed by atoms with E-state index in [2.05, 4.69) is 4.18 Å². The number of benzene rings is 2. The molecule has 0 aromatic heterocycles. The minimum atomic E-state index is -5.99. The highest BCUT2D eigenvalue weighted by Gasteiger charge is 2.49. The van der Waals surface area contributed by atoms with Crippen molar-refractivity contribution in [2.45, 2.75) is 45.2 Å². The molecule has 30 heavy (non-hydrogen) atoms. The van der Waals surface area contributed by atoms with Crippen molar-refractivity contribution in [3.8, 4) is 5.75 Å². The van der Waals surface area contributed by atoms with Gasteiger partial charge in [-0.15, -0.1) is 0 Å². The Morgan fingerprint density at radius 3 is 2.43 bits per heavy atom. The van der Waals surface area contributed by atoms with Gasteiger partial charge < -0.3 is 13.7 Å². The van der Waals surface area contributed by atoms with E-state index in [9.17, 15) is 26.4 Å². The summed E-state index contributed by atoms with van der Waals surface area (Å²) in [6.45, 7) is 5.13. The van der Waals surface area contributed by atoms with E-state index in [1.165, 1.54) is 19.1 Å². The van der Waals surface area contributed by atoms with Gasteiger partial charge in [-0.1, -0.05) is 43.7 Å². The predicted octanol–water partition coefficient (Wildman–Crippen LogP) is 4.80. The summed E-state index contributed by atoms with van der Waals surface area (Å²) in [6.07, 6.45) is -0.114. The van der Waals surface area contributed by atoms with Gasteiger partial charge in [-0.25, -0.2) is 4.79 Å². The summed E-state index contributed by atoms with van der Waals surface area (Å²) in [5.41, 5.74) is -5.43. The van der Waals surface area contributed by atoms with Gasteiger partial charge in [-0.05, 0) is 31.2 Å². The maximum absolute atomic E-state index is 13.0. The van der Waals surface area contributed by atoms with Crippen LogP contribution in [0.25, 0.3) is 10.8 Å². The highest BCUT2D eigenvalue weighted by Crippen LogP contribution is 2.41. The number of esters is 1. The molecule has 0 aliphatic carbocycles. The van der Waals surface area contributed by atoms with Crippen molar-refractivity contribution in [2.75, 3.05) is 13.2 Å². The molecule has 10 heteroatoms. The van der Waals surface area contributed by atoms with Crippen LogP contribution in [-0.2, 0) is 24.4 Å². The molecule has 2 rings (SSSR count). The molecular weight excluding hydrogens is 425 g/mol. The molecule has 6 nitrogen and oxygen atoms in total. The van der Waals surface area contributed by atoms with Crippen LogP contribution < -0.4 is 4.18 Å². The smallest absolute Gasteiger partial charge is 0.464 e. The van der Waals surface area contributed by atoms with Gasteiger partial charge >= 0.3 is 21.6 Å². The lowest BCUT2D eigenvalue weighted by Crippen LogP contribution is -2.29. The van der Waals surface area contributed by atoms with Crippen LogP contribution in [0.15, 0.2) is 30.3 Å². The van der Waals surface area contributed by atoms with Gasteiger partial charge in [0, 0.05) is 17.6 Å². The van der Waals surface area contributed by atoms with Gasteiger partial charge in [0.2, 0.25) is 0 Å². The Bertz CT molecular complexity index is 1000. The van der Waals surface area contributed by atoms with E-state index >= 15 is 0 Å². The molecule has 0 saturated heterocycles. The third kappa shape index (κ3) is 5.23. The summed E-state index contributed by atoms with van der Waals surface area (Å²) >= 11 is 0. The van der Waals surface area contributed by atoms with Crippen LogP contribution in [0.2, 0.25) is 0 Å². The molecular formula is C20H23F3O6S. The van der Waals surface area contributed by atoms with E-state index in [0.29, 0.717) is 17.4 Å². The van der Waals surface area contributed by atoms with Crippen molar-refractivity contribution in [3.63, 3.8) is 0 Å². The van der Waals surface area contributed by atoms with E-state index in [0.717, 1.165) is 6.42 Å². The average molecular weight is 448 g/mol. The molecule has 1 unspecified atom stereocenters. The number of halogens is 3. The molecule has 0 spiro atoms. The number of fused-ring (bicyclic) bond motifs is 1. The van der Waals surface area contributed by atoms with Crippen molar-refractivity contribution in [3.05, 3.63) is 41.5 Å². The van der Waals surface area contributed by atoms with Crippen LogP contribution in [0.1, 0.15) is 43.9 Å².